The third kappa shape index (κ3) is 4.84. The number of hydrogen-bond acceptors (Lipinski definition) is 4. The number of hydrogen-bond donors (Lipinski definition) is 4. The zero-order valence-electron chi connectivity index (χ0n) is 14.4. The molecular weight excluding hydrogens is 324 g/mol. The third-order valence-electron chi connectivity index (χ3n) is 3.87. The zero-order valence-corrected chi connectivity index (χ0v) is 14.4. The van der Waals surface area contributed by atoms with Crippen molar-refractivity contribution in [3.63, 3.8) is 0 Å². The molecule has 134 valence electrons. The lowest BCUT2D eigenvalue weighted by atomic mass is 9.96. The number of carbonyl (C=O) groups is 2. The highest BCUT2D eigenvalue weighted by atomic mass is 16.4. The van der Waals surface area contributed by atoms with Crippen LogP contribution < -0.4 is 10.6 Å². The highest BCUT2D eigenvalue weighted by Crippen LogP contribution is 2.26. The largest absolute Gasteiger partial charge is 0.478 e. The predicted molar refractivity (Wildman–Crippen MR) is 91.4 cm³/mol. The molecule has 1 heterocycles. The molecule has 0 bridgehead atoms. The van der Waals surface area contributed by atoms with E-state index in [-0.39, 0.29) is 18.7 Å². The molecule has 1 aromatic carbocycles. The van der Waals surface area contributed by atoms with Gasteiger partial charge in [0.05, 0.1) is 12.1 Å². The average molecular weight is 346 g/mol. The van der Waals surface area contributed by atoms with Gasteiger partial charge in [0, 0.05) is 12.1 Å². The summed E-state index contributed by atoms with van der Waals surface area (Å²) in [5, 5.41) is 24.7. The standard InChI is InChI=1S/C18H22N2O5/c1-11-8-15(12(2)25-11)18(3,24)10-20-17(23)19-9-13-4-6-14(7-5-13)16(21)22/h4-8,24H,9-10H2,1-3H3,(H,21,22)(H2,19,20,23). The minimum absolute atomic E-state index is 0.0244. The van der Waals surface area contributed by atoms with Crippen LogP contribution in [0.3, 0.4) is 0 Å². The summed E-state index contributed by atoms with van der Waals surface area (Å²) in [6, 6.07) is 7.55. The quantitative estimate of drug-likeness (QED) is 0.641. The maximum Gasteiger partial charge on any atom is 0.335 e. The first-order chi connectivity index (χ1) is 11.7. The van der Waals surface area contributed by atoms with Gasteiger partial charge < -0.3 is 25.3 Å². The molecule has 0 saturated carbocycles. The van der Waals surface area contributed by atoms with E-state index in [9.17, 15) is 14.7 Å². The Bertz CT molecular complexity index is 762. The summed E-state index contributed by atoms with van der Waals surface area (Å²) in [4.78, 5) is 22.7. The van der Waals surface area contributed by atoms with Gasteiger partial charge in [0.2, 0.25) is 0 Å². The van der Waals surface area contributed by atoms with Crippen LogP contribution in [0.25, 0.3) is 0 Å². The van der Waals surface area contributed by atoms with E-state index in [0.29, 0.717) is 17.1 Å². The molecule has 2 aromatic rings. The van der Waals surface area contributed by atoms with E-state index in [0.717, 1.165) is 5.56 Å². The van der Waals surface area contributed by atoms with Crippen molar-refractivity contribution in [2.75, 3.05) is 6.54 Å². The number of aryl methyl sites for hydroxylation is 2. The summed E-state index contributed by atoms with van der Waals surface area (Å²) >= 11 is 0. The van der Waals surface area contributed by atoms with Crippen molar-refractivity contribution < 1.29 is 24.2 Å². The molecule has 0 aliphatic heterocycles. The Labute approximate surface area is 145 Å². The SMILES string of the molecule is Cc1cc(C(C)(O)CNC(=O)NCc2ccc(C(=O)O)cc2)c(C)o1. The lowest BCUT2D eigenvalue weighted by Crippen LogP contribution is -2.43. The lowest BCUT2D eigenvalue weighted by Gasteiger charge is -2.23. The highest BCUT2D eigenvalue weighted by Gasteiger charge is 2.28. The molecule has 1 unspecified atom stereocenters. The van der Waals surface area contributed by atoms with Crippen LogP contribution in [-0.4, -0.2) is 28.8 Å². The molecule has 2 amide bonds. The minimum atomic E-state index is -1.25. The topological polar surface area (TPSA) is 112 Å². The molecule has 7 heteroatoms. The summed E-state index contributed by atoms with van der Waals surface area (Å²) in [5.74, 6) is 0.314. The van der Waals surface area contributed by atoms with E-state index in [1.54, 1.807) is 39.0 Å². The van der Waals surface area contributed by atoms with E-state index in [1.165, 1.54) is 12.1 Å². The Morgan fingerprint density at radius 1 is 1.16 bits per heavy atom. The molecular formula is C18H22N2O5. The molecule has 2 rings (SSSR count). The number of carboxylic acids is 1. The van der Waals surface area contributed by atoms with Crippen molar-refractivity contribution in [1.29, 1.82) is 0 Å². The molecule has 0 fully saturated rings. The predicted octanol–water partition coefficient (Wildman–Crippen LogP) is 2.30. The molecule has 25 heavy (non-hydrogen) atoms. The van der Waals surface area contributed by atoms with E-state index >= 15 is 0 Å². The van der Waals surface area contributed by atoms with Crippen molar-refractivity contribution in [2.24, 2.45) is 0 Å². The number of aromatic carboxylic acids is 1. The number of rotatable bonds is 6. The number of furan rings is 1. The second kappa shape index (κ2) is 7.40. The zero-order chi connectivity index (χ0) is 18.6. The maximum absolute atomic E-state index is 11.9. The van der Waals surface area contributed by atoms with Gasteiger partial charge in [-0.2, -0.15) is 0 Å². The number of benzene rings is 1. The number of carbonyl (C=O) groups excluding carboxylic acids is 1. The fourth-order valence-electron chi connectivity index (χ4n) is 2.52. The van der Waals surface area contributed by atoms with Gasteiger partial charge in [-0.3, -0.25) is 0 Å². The van der Waals surface area contributed by atoms with Crippen molar-refractivity contribution in [2.45, 2.75) is 32.9 Å². The van der Waals surface area contributed by atoms with Crippen LogP contribution in [0.15, 0.2) is 34.7 Å². The Kier molecular flexibility index (Phi) is 5.48. The molecule has 1 aromatic heterocycles. The van der Waals surface area contributed by atoms with E-state index in [2.05, 4.69) is 10.6 Å². The lowest BCUT2D eigenvalue weighted by molar-refractivity contribution is 0.0578. The summed E-state index contributed by atoms with van der Waals surface area (Å²) in [6.45, 7) is 5.43. The van der Waals surface area contributed by atoms with Gasteiger partial charge in [0.25, 0.3) is 0 Å². The number of nitrogens with one attached hydrogen (secondary N) is 2. The maximum atomic E-state index is 11.9. The number of carboxylic acid groups (broad SMARTS) is 1. The first kappa shape index (κ1) is 18.5. The molecule has 0 aliphatic rings. The third-order valence-corrected chi connectivity index (χ3v) is 3.87. The molecule has 7 nitrogen and oxygen atoms in total. The summed E-state index contributed by atoms with van der Waals surface area (Å²) in [7, 11) is 0. The molecule has 0 radical (unpaired) electrons. The fourth-order valence-corrected chi connectivity index (χ4v) is 2.52. The van der Waals surface area contributed by atoms with Gasteiger partial charge in [0.15, 0.2) is 0 Å². The minimum Gasteiger partial charge on any atom is -0.478 e. The Hall–Kier alpha value is -2.80. The van der Waals surface area contributed by atoms with Crippen LogP contribution in [0.1, 0.15) is 39.9 Å². The molecule has 4 N–H and O–H groups in total. The number of urea groups is 1. The summed E-state index contributed by atoms with van der Waals surface area (Å²) in [5.41, 5.74) is 0.347. The van der Waals surface area contributed by atoms with Gasteiger partial charge in [-0.05, 0) is 44.5 Å². The summed E-state index contributed by atoms with van der Waals surface area (Å²) < 4.78 is 5.41. The monoisotopic (exact) mass is 346 g/mol. The van der Waals surface area contributed by atoms with Crippen molar-refractivity contribution in [3.8, 4) is 0 Å². The van der Waals surface area contributed by atoms with Crippen LogP contribution in [0.4, 0.5) is 4.79 Å². The van der Waals surface area contributed by atoms with Gasteiger partial charge >= 0.3 is 12.0 Å². The van der Waals surface area contributed by atoms with Crippen molar-refractivity contribution >= 4 is 12.0 Å². The van der Waals surface area contributed by atoms with E-state index < -0.39 is 17.6 Å². The number of aliphatic hydroxyl groups is 1. The smallest absolute Gasteiger partial charge is 0.335 e. The normalized spacial score (nSPS) is 13.1. The first-order valence-electron chi connectivity index (χ1n) is 7.83. The molecule has 0 aliphatic carbocycles. The van der Waals surface area contributed by atoms with E-state index in [1.807, 2.05) is 0 Å². The Morgan fingerprint density at radius 3 is 2.32 bits per heavy atom. The first-order valence-corrected chi connectivity index (χ1v) is 7.83. The fraction of sp³-hybridized carbons (Fsp3) is 0.333. The highest BCUT2D eigenvalue weighted by molar-refractivity contribution is 5.87. The van der Waals surface area contributed by atoms with Crippen LogP contribution in [0.2, 0.25) is 0 Å². The number of amides is 2. The Balaban J connectivity index is 1.86. The molecule has 1 atom stereocenters. The Morgan fingerprint density at radius 2 is 1.80 bits per heavy atom. The van der Waals surface area contributed by atoms with Gasteiger partial charge in [-0.1, -0.05) is 12.1 Å². The second-order valence-electron chi connectivity index (χ2n) is 6.14. The van der Waals surface area contributed by atoms with E-state index in [4.69, 9.17) is 9.52 Å². The van der Waals surface area contributed by atoms with Crippen LogP contribution in [0.5, 0.6) is 0 Å². The van der Waals surface area contributed by atoms with Gasteiger partial charge in [-0.25, -0.2) is 9.59 Å². The average Bonchev–Trinajstić information content (AvgIpc) is 2.91. The van der Waals surface area contributed by atoms with Crippen molar-refractivity contribution in [3.05, 3.63) is 58.5 Å². The van der Waals surface area contributed by atoms with Crippen molar-refractivity contribution in [1.82, 2.24) is 10.6 Å². The molecule has 0 saturated heterocycles. The van der Waals surface area contributed by atoms with Gasteiger partial charge in [0.1, 0.15) is 17.1 Å². The van der Waals surface area contributed by atoms with Crippen LogP contribution >= 0.6 is 0 Å². The van der Waals surface area contributed by atoms with Gasteiger partial charge in [-0.15, -0.1) is 0 Å². The van der Waals surface area contributed by atoms with Crippen LogP contribution in [0, 0.1) is 13.8 Å². The molecule has 0 spiro atoms. The second-order valence-corrected chi connectivity index (χ2v) is 6.14. The van der Waals surface area contributed by atoms with Crippen LogP contribution in [-0.2, 0) is 12.1 Å². The summed E-state index contributed by atoms with van der Waals surface area (Å²) in [6.07, 6.45) is 0.